The molecule has 4 amide bonds. The van der Waals surface area contributed by atoms with Crippen molar-refractivity contribution in [2.24, 2.45) is 23.2 Å². The number of imidazole rings is 2. The number of amides is 4. The Labute approximate surface area is 363 Å². The van der Waals surface area contributed by atoms with E-state index in [0.29, 0.717) is 24.9 Å². The zero-order chi connectivity index (χ0) is 43.7. The first kappa shape index (κ1) is 43.0. The van der Waals surface area contributed by atoms with E-state index in [2.05, 4.69) is 69.1 Å². The Hall–Kier alpha value is -5.70. The van der Waals surface area contributed by atoms with E-state index in [9.17, 15) is 19.2 Å². The zero-order valence-corrected chi connectivity index (χ0v) is 36.6. The van der Waals surface area contributed by atoms with Gasteiger partial charge in [0.05, 0.1) is 56.7 Å². The minimum Gasteiger partial charge on any atom is -0.453 e. The number of hydrogen-bond donors (Lipinski definition) is 4. The van der Waals surface area contributed by atoms with Crippen LogP contribution in [0.4, 0.5) is 9.59 Å². The summed E-state index contributed by atoms with van der Waals surface area (Å²) in [4.78, 5) is 73.2. The number of carbonyl (C=O) groups is 4. The number of benzene rings is 2. The molecule has 0 bridgehead atoms. The van der Waals surface area contributed by atoms with E-state index in [1.54, 1.807) is 0 Å². The molecule has 1 saturated carbocycles. The summed E-state index contributed by atoms with van der Waals surface area (Å²) in [5, 5.41) is 5.54. The minimum absolute atomic E-state index is 0.0900. The molecule has 3 aliphatic heterocycles. The van der Waals surface area contributed by atoms with E-state index in [4.69, 9.17) is 24.2 Å². The zero-order valence-electron chi connectivity index (χ0n) is 36.6. The summed E-state index contributed by atoms with van der Waals surface area (Å²) in [6.07, 6.45) is 9.00. The second-order valence-corrected chi connectivity index (χ2v) is 18.3. The first-order valence-electron chi connectivity index (χ1n) is 22.1. The fourth-order valence-corrected chi connectivity index (χ4v) is 10.3. The largest absolute Gasteiger partial charge is 0.453 e. The molecule has 15 heteroatoms. The molecule has 4 aliphatic rings. The SMILES string of the molecule is COC(=O)N[C@H](C(=O)N1C[C@]2(CCCOC2)C[C@H]1c1ncc(-c2ccc(-c3ccc(-c4cnc([C@@H]5C[C@@H]6CCC[C@@H]6N5C(=O)[C@@H](NC(=O)OC)C(C)C)[nH]4)cc3)cc2)[nH]1)C(C)C. The lowest BCUT2D eigenvalue weighted by Gasteiger charge is -2.33. The van der Waals surface area contributed by atoms with E-state index in [-0.39, 0.29) is 47.2 Å². The van der Waals surface area contributed by atoms with Crippen molar-refractivity contribution < 1.29 is 33.4 Å². The third-order valence-electron chi connectivity index (χ3n) is 13.6. The standard InChI is InChI=1S/C47H60N8O7/c1-27(2)39(52-45(58)60-5)43(56)54-25-47(19-8-20-62-26-47)22-38(54)42-49-24-35(51-42)32-17-13-30(14-18-32)29-11-15-31(16-12-29)34-23-48-41(50-34)37-21-33-9-7-10-36(33)55(37)44(57)40(28(3)4)53-46(59)61-6/h11-18,23-24,27-28,33,36-40H,7-10,19-22,25-26H2,1-6H3,(H,48,50)(H,49,51)(H,52,58)(H,53,59)/t33-,36-,37-,38-,39-,40-,47-/m0/s1. The number of rotatable bonds is 11. The van der Waals surface area contributed by atoms with Crippen LogP contribution in [-0.4, -0.2) is 106 Å². The Morgan fingerprint density at radius 2 is 1.27 bits per heavy atom. The summed E-state index contributed by atoms with van der Waals surface area (Å²) in [6.45, 7) is 9.54. The van der Waals surface area contributed by atoms with Gasteiger partial charge in [0.25, 0.3) is 0 Å². The molecule has 1 aliphatic carbocycles. The summed E-state index contributed by atoms with van der Waals surface area (Å²) in [5.74, 6) is 1.38. The smallest absolute Gasteiger partial charge is 0.407 e. The molecule has 4 aromatic rings. The van der Waals surface area contributed by atoms with Gasteiger partial charge >= 0.3 is 12.2 Å². The number of H-pyrrole nitrogens is 2. The Balaban J connectivity index is 0.964. The molecule has 330 valence electrons. The van der Waals surface area contributed by atoms with Gasteiger partial charge in [-0.1, -0.05) is 82.6 Å². The van der Waals surface area contributed by atoms with Crippen molar-refractivity contribution >= 4 is 24.0 Å². The Bertz CT molecular complexity index is 2230. The van der Waals surface area contributed by atoms with Crippen molar-refractivity contribution in [1.82, 2.24) is 40.4 Å². The van der Waals surface area contributed by atoms with Crippen LogP contribution >= 0.6 is 0 Å². The van der Waals surface area contributed by atoms with Gasteiger partial charge in [0.15, 0.2) is 0 Å². The van der Waals surface area contributed by atoms with Gasteiger partial charge in [-0.3, -0.25) is 9.59 Å². The number of carbonyl (C=O) groups excluding carboxylic acids is 4. The van der Waals surface area contributed by atoms with Crippen molar-refractivity contribution in [3.63, 3.8) is 0 Å². The van der Waals surface area contributed by atoms with Crippen LogP contribution < -0.4 is 10.6 Å². The van der Waals surface area contributed by atoms with Gasteiger partial charge in [0.2, 0.25) is 11.8 Å². The highest BCUT2D eigenvalue weighted by Gasteiger charge is 2.51. The summed E-state index contributed by atoms with van der Waals surface area (Å²) in [5.41, 5.74) is 5.62. The highest BCUT2D eigenvalue weighted by atomic mass is 16.5. The van der Waals surface area contributed by atoms with Crippen molar-refractivity contribution in [1.29, 1.82) is 0 Å². The Kier molecular flexibility index (Phi) is 12.4. The molecule has 62 heavy (non-hydrogen) atoms. The maximum Gasteiger partial charge on any atom is 0.407 e. The molecule has 7 atom stereocenters. The van der Waals surface area contributed by atoms with Crippen molar-refractivity contribution in [3.05, 3.63) is 72.6 Å². The minimum atomic E-state index is -0.737. The number of likely N-dealkylation sites (tertiary alicyclic amines) is 2. The second kappa shape index (κ2) is 18.0. The van der Waals surface area contributed by atoms with Crippen LogP contribution in [0.2, 0.25) is 0 Å². The van der Waals surface area contributed by atoms with Gasteiger partial charge in [-0.15, -0.1) is 0 Å². The topological polar surface area (TPSA) is 184 Å². The lowest BCUT2D eigenvalue weighted by Crippen LogP contribution is -2.53. The Morgan fingerprint density at radius 1 is 0.742 bits per heavy atom. The van der Waals surface area contributed by atoms with Gasteiger partial charge in [-0.05, 0) is 78.5 Å². The van der Waals surface area contributed by atoms with E-state index in [0.717, 1.165) is 91.0 Å². The third kappa shape index (κ3) is 8.55. The number of aromatic nitrogens is 4. The first-order valence-corrected chi connectivity index (χ1v) is 22.1. The number of fused-ring (bicyclic) bond motifs is 1. The second-order valence-electron chi connectivity index (χ2n) is 18.3. The van der Waals surface area contributed by atoms with Crippen LogP contribution in [0.5, 0.6) is 0 Å². The summed E-state index contributed by atoms with van der Waals surface area (Å²) < 4.78 is 15.6. The number of alkyl carbamates (subject to hydrolysis) is 2. The van der Waals surface area contributed by atoms with Gasteiger partial charge in [0.1, 0.15) is 23.7 Å². The maximum absolute atomic E-state index is 14.1. The van der Waals surface area contributed by atoms with Crippen LogP contribution in [0.15, 0.2) is 60.9 Å². The normalized spacial score (nSPS) is 24.3. The quantitative estimate of drug-likeness (QED) is 0.119. The van der Waals surface area contributed by atoms with Crippen LogP contribution in [0, 0.1) is 23.2 Å². The molecule has 4 fully saturated rings. The molecule has 3 saturated heterocycles. The predicted molar refractivity (Wildman–Crippen MR) is 232 cm³/mol. The van der Waals surface area contributed by atoms with Gasteiger partial charge in [-0.2, -0.15) is 0 Å². The lowest BCUT2D eigenvalue weighted by molar-refractivity contribution is -0.138. The number of ether oxygens (including phenoxy) is 3. The number of nitrogens with one attached hydrogen (secondary N) is 4. The number of nitrogens with zero attached hydrogens (tertiary/aromatic N) is 4. The van der Waals surface area contributed by atoms with Gasteiger partial charge < -0.3 is 44.6 Å². The molecule has 8 rings (SSSR count). The lowest BCUT2D eigenvalue weighted by atomic mass is 9.80. The molecule has 0 radical (unpaired) electrons. The number of aromatic amines is 2. The average Bonchev–Trinajstić information content (AvgIpc) is 4.13. The molecular weight excluding hydrogens is 789 g/mol. The van der Waals surface area contributed by atoms with Gasteiger partial charge in [0, 0.05) is 24.6 Å². The summed E-state index contributed by atoms with van der Waals surface area (Å²) >= 11 is 0. The van der Waals surface area contributed by atoms with E-state index in [1.807, 2.05) is 49.9 Å². The van der Waals surface area contributed by atoms with Crippen molar-refractivity contribution in [2.75, 3.05) is 34.0 Å². The van der Waals surface area contributed by atoms with E-state index < -0.39 is 24.3 Å². The van der Waals surface area contributed by atoms with Crippen molar-refractivity contribution in [2.45, 2.75) is 103 Å². The molecule has 2 aromatic heterocycles. The maximum atomic E-state index is 14.1. The highest BCUT2D eigenvalue weighted by molar-refractivity contribution is 5.87. The molecular formula is C47H60N8O7. The molecule has 2 aromatic carbocycles. The molecule has 15 nitrogen and oxygen atoms in total. The van der Waals surface area contributed by atoms with Crippen LogP contribution in [0.25, 0.3) is 33.6 Å². The van der Waals surface area contributed by atoms with Crippen LogP contribution in [-0.2, 0) is 23.8 Å². The van der Waals surface area contributed by atoms with Crippen LogP contribution in [0.1, 0.15) is 96.4 Å². The number of methoxy groups -OCH3 is 2. The predicted octanol–water partition coefficient (Wildman–Crippen LogP) is 7.41. The monoisotopic (exact) mass is 848 g/mol. The van der Waals surface area contributed by atoms with E-state index >= 15 is 0 Å². The van der Waals surface area contributed by atoms with E-state index in [1.165, 1.54) is 14.2 Å². The fraction of sp³-hybridized carbons (Fsp3) is 0.532. The first-order chi connectivity index (χ1) is 29.9. The van der Waals surface area contributed by atoms with Crippen LogP contribution in [0.3, 0.4) is 0 Å². The summed E-state index contributed by atoms with van der Waals surface area (Å²) in [6, 6.07) is 14.9. The number of hydrogen-bond acceptors (Lipinski definition) is 9. The molecule has 4 N–H and O–H groups in total. The molecule has 0 unspecified atom stereocenters. The third-order valence-corrected chi connectivity index (χ3v) is 13.6. The fourth-order valence-electron chi connectivity index (χ4n) is 10.3. The van der Waals surface area contributed by atoms with Gasteiger partial charge in [-0.25, -0.2) is 19.6 Å². The van der Waals surface area contributed by atoms with Crippen molar-refractivity contribution in [3.8, 4) is 33.6 Å². The highest BCUT2D eigenvalue weighted by Crippen LogP contribution is 2.49. The summed E-state index contributed by atoms with van der Waals surface area (Å²) in [7, 11) is 2.61. The average molecular weight is 849 g/mol. The molecule has 1 spiro atoms. The Morgan fingerprint density at radius 3 is 1.79 bits per heavy atom. The molecule has 5 heterocycles.